The van der Waals surface area contributed by atoms with Gasteiger partial charge in [-0.05, 0) is 42.0 Å². The lowest BCUT2D eigenvalue weighted by Crippen LogP contribution is -2.46. The molecule has 3 heterocycles. The lowest BCUT2D eigenvalue weighted by atomic mass is 10.1. The van der Waals surface area contributed by atoms with Crippen molar-refractivity contribution < 1.29 is 42.8 Å². The highest BCUT2D eigenvalue weighted by Gasteiger charge is 2.38. The molecule has 1 aliphatic heterocycles. The number of nitrogens with zero attached hydrogens (tertiary/aromatic N) is 3. The first-order chi connectivity index (χ1) is 24.6. The van der Waals surface area contributed by atoms with Gasteiger partial charge in [0, 0.05) is 18.1 Å². The van der Waals surface area contributed by atoms with E-state index in [9.17, 15) is 33.5 Å². The maximum Gasteiger partial charge on any atom is 0.344 e. The fourth-order valence-corrected chi connectivity index (χ4v) is 5.38. The van der Waals surface area contributed by atoms with Crippen molar-refractivity contribution in [2.75, 3.05) is 6.61 Å². The fraction of sp³-hybridized carbons (Fsp3) is 0.167. The summed E-state index contributed by atoms with van der Waals surface area (Å²) < 4.78 is 38.0. The number of aliphatic hydroxyl groups excluding tert-OH is 1. The molecule has 0 radical (unpaired) electrons. The van der Waals surface area contributed by atoms with Gasteiger partial charge in [-0.25, -0.2) is 14.4 Å². The van der Waals surface area contributed by atoms with Crippen LogP contribution >= 0.6 is 11.6 Å². The largest absolute Gasteiger partial charge is 0.404 e. The lowest BCUT2D eigenvalue weighted by Gasteiger charge is -2.17. The normalized spacial score (nSPS) is 16.8. The Morgan fingerprint density at radius 2 is 1.55 bits per heavy atom. The Morgan fingerprint density at radius 3 is 2.27 bits per heavy atom. The highest BCUT2D eigenvalue weighted by atomic mass is 35.5. The number of hydrogen-bond acceptors (Lipinski definition) is 11. The van der Waals surface area contributed by atoms with Gasteiger partial charge in [0.05, 0.1) is 36.6 Å². The monoisotopic (exact) mass is 715 g/mol. The second-order valence-electron chi connectivity index (χ2n) is 11.2. The smallest absolute Gasteiger partial charge is 0.344 e. The number of ether oxygens (including phenoxy) is 4. The third-order valence-corrected chi connectivity index (χ3v) is 8.07. The van der Waals surface area contributed by atoms with Crippen LogP contribution in [-0.2, 0) is 16.1 Å². The summed E-state index contributed by atoms with van der Waals surface area (Å²) in [5.74, 6) is -5.07. The molecule has 0 saturated carbocycles. The van der Waals surface area contributed by atoms with E-state index in [2.05, 4.69) is 4.98 Å². The minimum Gasteiger partial charge on any atom is -0.404 e. The summed E-state index contributed by atoms with van der Waals surface area (Å²) in [5.41, 5.74) is -2.21. The zero-order chi connectivity index (χ0) is 36.1. The second kappa shape index (κ2) is 15.4. The molecular weight excluding hydrogens is 689 g/mol. The zero-order valence-corrected chi connectivity index (χ0v) is 27.1. The molecule has 1 fully saturated rings. The molecule has 13 nitrogen and oxygen atoms in total. The number of rotatable bonds is 10. The van der Waals surface area contributed by atoms with Gasteiger partial charge in [-0.3, -0.25) is 14.2 Å². The SMILES string of the molecule is O=C(Oc1ccc(Cl)c(OC(=O)c2cccc(C(=O)n3c(=O)c(F)cn([C@H]4C[C@H](OCc5ccccc5)[C@@H](CO)O4)c3=O)c2)n1)c1ccccc1. The molecule has 2 aromatic heterocycles. The highest BCUT2D eigenvalue weighted by molar-refractivity contribution is 6.32. The third kappa shape index (κ3) is 7.84. The number of hydrogen-bond donors (Lipinski definition) is 1. The molecule has 5 aromatic rings. The predicted octanol–water partition coefficient (Wildman–Crippen LogP) is 4.19. The van der Waals surface area contributed by atoms with Crippen molar-refractivity contribution in [3.05, 3.63) is 157 Å². The first-order valence-corrected chi connectivity index (χ1v) is 15.8. The summed E-state index contributed by atoms with van der Waals surface area (Å²) in [4.78, 5) is 69.4. The Balaban J connectivity index is 1.20. The summed E-state index contributed by atoms with van der Waals surface area (Å²) in [6.45, 7) is -0.300. The highest BCUT2D eigenvalue weighted by Crippen LogP contribution is 2.31. The number of aromatic nitrogens is 3. The molecule has 3 aromatic carbocycles. The molecule has 15 heteroatoms. The van der Waals surface area contributed by atoms with Crippen LogP contribution in [0.15, 0.2) is 113 Å². The van der Waals surface area contributed by atoms with Crippen molar-refractivity contribution in [2.24, 2.45) is 0 Å². The number of pyridine rings is 1. The molecule has 6 rings (SSSR count). The summed E-state index contributed by atoms with van der Waals surface area (Å²) in [5, 5.41) is 9.78. The Kier molecular flexibility index (Phi) is 10.6. The van der Waals surface area contributed by atoms with Gasteiger partial charge in [-0.1, -0.05) is 66.2 Å². The van der Waals surface area contributed by atoms with Crippen molar-refractivity contribution in [1.82, 2.24) is 14.1 Å². The average Bonchev–Trinajstić information content (AvgIpc) is 3.57. The summed E-state index contributed by atoms with van der Waals surface area (Å²) >= 11 is 6.16. The molecule has 1 aliphatic rings. The summed E-state index contributed by atoms with van der Waals surface area (Å²) in [6.07, 6.45) is -2.15. The minimum atomic E-state index is -1.53. The molecule has 0 spiro atoms. The molecule has 0 amide bonds. The van der Waals surface area contributed by atoms with Gasteiger partial charge in [0.15, 0.2) is 0 Å². The first kappa shape index (κ1) is 35.0. The molecule has 260 valence electrons. The van der Waals surface area contributed by atoms with Crippen molar-refractivity contribution in [1.29, 1.82) is 0 Å². The molecule has 51 heavy (non-hydrogen) atoms. The maximum atomic E-state index is 15.0. The van der Waals surface area contributed by atoms with Crippen LogP contribution in [-0.4, -0.2) is 55.9 Å². The van der Waals surface area contributed by atoms with E-state index in [-0.39, 0.29) is 45.2 Å². The molecule has 0 unspecified atom stereocenters. The van der Waals surface area contributed by atoms with Gasteiger partial charge < -0.3 is 24.1 Å². The van der Waals surface area contributed by atoms with Crippen LogP contribution in [0.3, 0.4) is 0 Å². The van der Waals surface area contributed by atoms with E-state index in [0.29, 0.717) is 6.20 Å². The Labute approximate surface area is 293 Å². The van der Waals surface area contributed by atoms with Gasteiger partial charge in [0.2, 0.25) is 17.6 Å². The lowest BCUT2D eigenvalue weighted by molar-refractivity contribution is -0.0661. The molecule has 0 aliphatic carbocycles. The quantitative estimate of drug-likeness (QED) is 0.206. The fourth-order valence-electron chi connectivity index (χ4n) is 5.23. The standard InChI is InChI=1S/C36H27ClFN3O10/c37-25-14-15-29(50-34(45)22-10-5-2-6-11-22)39-31(25)51-35(46)24-13-7-12-23(16-24)32(43)41-33(44)26(38)18-40(36(41)47)30-17-27(28(19-42)49-30)48-20-21-8-3-1-4-9-21/h1-16,18,27-28,30,42H,17,19-20H2/t27-,28+,30+/m0/s1. The van der Waals surface area contributed by atoms with E-state index in [4.69, 9.17) is 30.5 Å². The van der Waals surface area contributed by atoms with Crippen LogP contribution in [0.1, 0.15) is 49.3 Å². The number of benzene rings is 3. The van der Waals surface area contributed by atoms with Crippen molar-refractivity contribution in [2.45, 2.75) is 31.5 Å². The Bertz CT molecular complexity index is 2210. The second-order valence-corrected chi connectivity index (χ2v) is 11.6. The number of carbonyl (C=O) groups excluding carboxylic acids is 3. The van der Waals surface area contributed by atoms with E-state index in [0.717, 1.165) is 16.2 Å². The summed E-state index contributed by atoms with van der Waals surface area (Å²) in [7, 11) is 0. The van der Waals surface area contributed by atoms with Crippen LogP contribution < -0.4 is 20.7 Å². The van der Waals surface area contributed by atoms with E-state index in [1.165, 1.54) is 42.5 Å². The van der Waals surface area contributed by atoms with Crippen LogP contribution in [0.25, 0.3) is 0 Å². The van der Waals surface area contributed by atoms with Gasteiger partial charge in [0.25, 0.3) is 11.5 Å². The van der Waals surface area contributed by atoms with Gasteiger partial charge in [-0.2, -0.15) is 13.9 Å². The van der Waals surface area contributed by atoms with E-state index in [1.807, 2.05) is 30.3 Å². The van der Waals surface area contributed by atoms with E-state index < -0.39 is 65.8 Å². The average molecular weight is 716 g/mol. The Morgan fingerprint density at radius 1 is 0.882 bits per heavy atom. The molecule has 1 saturated heterocycles. The molecular formula is C36H27ClFN3O10. The molecule has 0 bridgehead atoms. The Hall–Kier alpha value is -5.80. The molecule has 1 N–H and O–H groups in total. The van der Waals surface area contributed by atoms with Gasteiger partial charge >= 0.3 is 17.6 Å². The van der Waals surface area contributed by atoms with Crippen molar-refractivity contribution in [3.63, 3.8) is 0 Å². The van der Waals surface area contributed by atoms with Crippen LogP contribution in [0, 0.1) is 5.82 Å². The number of halogens is 2. The molecule has 3 atom stereocenters. The van der Waals surface area contributed by atoms with Gasteiger partial charge in [0.1, 0.15) is 17.4 Å². The third-order valence-electron chi connectivity index (χ3n) is 7.78. The number of carbonyl (C=O) groups is 3. The zero-order valence-electron chi connectivity index (χ0n) is 26.4. The van der Waals surface area contributed by atoms with Crippen molar-refractivity contribution >= 4 is 29.4 Å². The number of aliphatic hydroxyl groups is 1. The van der Waals surface area contributed by atoms with Crippen LogP contribution in [0.5, 0.6) is 11.8 Å². The number of esters is 2. The van der Waals surface area contributed by atoms with Gasteiger partial charge in [-0.15, -0.1) is 0 Å². The van der Waals surface area contributed by atoms with Crippen LogP contribution in [0.2, 0.25) is 5.02 Å². The van der Waals surface area contributed by atoms with E-state index >= 15 is 0 Å². The minimum absolute atomic E-state index is 0.00558. The first-order valence-electron chi connectivity index (χ1n) is 15.4. The summed E-state index contributed by atoms with van der Waals surface area (Å²) in [6, 6.07) is 24.6. The topological polar surface area (TPSA) is 165 Å². The van der Waals surface area contributed by atoms with E-state index in [1.54, 1.807) is 18.2 Å². The maximum absolute atomic E-state index is 15.0. The van der Waals surface area contributed by atoms with Crippen LogP contribution in [0.4, 0.5) is 4.39 Å². The predicted molar refractivity (Wildman–Crippen MR) is 177 cm³/mol. The van der Waals surface area contributed by atoms with Crippen molar-refractivity contribution in [3.8, 4) is 11.8 Å².